The molecule has 31 heavy (non-hydrogen) atoms. The van der Waals surface area contributed by atoms with Crippen molar-refractivity contribution in [1.29, 1.82) is 0 Å². The van der Waals surface area contributed by atoms with Gasteiger partial charge >= 0.3 is 0 Å². The molecule has 7 heteroatoms. The molecule has 0 fully saturated rings. The lowest BCUT2D eigenvalue weighted by Crippen LogP contribution is -2.32. The Balaban J connectivity index is 1.73. The smallest absolute Gasteiger partial charge is 0.228 e. The molecule has 0 bridgehead atoms. The maximum Gasteiger partial charge on any atom is 0.228 e. The molecule has 4 rings (SSSR count). The number of carbonyl (C=O) groups is 1. The minimum absolute atomic E-state index is 0.0232. The van der Waals surface area contributed by atoms with E-state index in [4.69, 9.17) is 28.2 Å². The van der Waals surface area contributed by atoms with Gasteiger partial charge in [0.25, 0.3) is 0 Å². The van der Waals surface area contributed by atoms with Gasteiger partial charge in [-0.05, 0) is 55.3 Å². The van der Waals surface area contributed by atoms with E-state index in [2.05, 4.69) is 4.98 Å². The average molecular weight is 453 g/mol. The van der Waals surface area contributed by atoms with E-state index in [0.29, 0.717) is 23.1 Å². The normalized spacial score (nSPS) is 11.1. The second-order valence-electron chi connectivity index (χ2n) is 7.41. The highest BCUT2D eigenvalue weighted by molar-refractivity contribution is 6.42. The molecule has 0 N–H and O–H groups in total. The van der Waals surface area contributed by atoms with E-state index in [0.717, 1.165) is 33.7 Å². The van der Waals surface area contributed by atoms with E-state index in [9.17, 15) is 4.79 Å². The first-order chi connectivity index (χ1) is 15.0. The molecule has 0 aliphatic rings. The lowest BCUT2D eigenvalue weighted by Gasteiger charge is -2.21. The van der Waals surface area contributed by atoms with Crippen LogP contribution in [0.25, 0.3) is 16.9 Å². The summed E-state index contributed by atoms with van der Waals surface area (Å²) >= 11 is 12.4. The first kappa shape index (κ1) is 21.3. The molecule has 0 spiro atoms. The predicted octanol–water partition coefficient (Wildman–Crippen LogP) is 5.60. The topological polar surface area (TPSA) is 50.5 Å². The second kappa shape index (κ2) is 9.08. The predicted molar refractivity (Wildman–Crippen MR) is 124 cm³/mol. The molecule has 3 aromatic heterocycles. The van der Waals surface area contributed by atoms with Crippen LogP contribution in [0.3, 0.4) is 0 Å². The molecular weight excluding hydrogens is 431 g/mol. The molecule has 0 aliphatic carbocycles. The lowest BCUT2D eigenvalue weighted by atomic mass is 10.1. The van der Waals surface area contributed by atoms with Gasteiger partial charge in [-0.1, -0.05) is 35.3 Å². The summed E-state index contributed by atoms with van der Waals surface area (Å²) in [7, 11) is 0. The average Bonchev–Trinajstić information content (AvgIpc) is 3.11. The molecule has 0 aliphatic heterocycles. The van der Waals surface area contributed by atoms with Crippen molar-refractivity contribution in [3.63, 3.8) is 0 Å². The van der Waals surface area contributed by atoms with Gasteiger partial charge in [-0.25, -0.2) is 4.98 Å². The largest absolute Gasteiger partial charge is 0.338 e. The number of rotatable bonds is 6. The third kappa shape index (κ3) is 4.58. The highest BCUT2D eigenvalue weighted by Gasteiger charge is 2.21. The summed E-state index contributed by atoms with van der Waals surface area (Å²) in [6.07, 6.45) is 5.69. The first-order valence-corrected chi connectivity index (χ1v) is 10.8. The molecule has 0 atom stereocenters. The van der Waals surface area contributed by atoms with E-state index >= 15 is 0 Å². The van der Waals surface area contributed by atoms with Crippen molar-refractivity contribution in [3.05, 3.63) is 87.9 Å². The summed E-state index contributed by atoms with van der Waals surface area (Å²) in [6, 6.07) is 13.3. The number of pyridine rings is 2. The highest BCUT2D eigenvalue weighted by atomic mass is 35.5. The standard InChI is InChI=1S/C24H22Cl2N4O/c1-3-29(15-17-5-4-9-27-14-17)23(31)13-21-24(18-6-7-19(25)20(26)12-18)28-22-11-16(2)8-10-30(21)22/h4-12,14H,3,13,15H2,1-2H3. The fraction of sp³-hybridized carbons (Fsp3) is 0.208. The highest BCUT2D eigenvalue weighted by Crippen LogP contribution is 2.31. The van der Waals surface area contributed by atoms with E-state index in [1.165, 1.54) is 0 Å². The van der Waals surface area contributed by atoms with Crippen LogP contribution >= 0.6 is 23.2 Å². The zero-order valence-corrected chi connectivity index (χ0v) is 18.9. The Morgan fingerprint density at radius 3 is 2.68 bits per heavy atom. The van der Waals surface area contributed by atoms with Crippen molar-refractivity contribution >= 4 is 34.8 Å². The zero-order chi connectivity index (χ0) is 22.0. The number of amides is 1. The SMILES string of the molecule is CCN(Cc1cccnc1)C(=O)Cc1c(-c2ccc(Cl)c(Cl)c2)nc2cc(C)ccn12. The van der Waals surface area contributed by atoms with E-state index in [1.54, 1.807) is 24.5 Å². The minimum Gasteiger partial charge on any atom is -0.338 e. The van der Waals surface area contributed by atoms with Gasteiger partial charge in [0.05, 0.1) is 27.9 Å². The number of aromatic nitrogens is 3. The molecule has 5 nitrogen and oxygen atoms in total. The molecule has 1 aromatic carbocycles. The van der Waals surface area contributed by atoms with Crippen molar-refractivity contribution in [3.8, 4) is 11.3 Å². The van der Waals surface area contributed by atoms with E-state index in [1.807, 2.05) is 59.7 Å². The van der Waals surface area contributed by atoms with Gasteiger partial charge in [0.2, 0.25) is 5.91 Å². The third-order valence-electron chi connectivity index (χ3n) is 5.22. The molecule has 0 unspecified atom stereocenters. The molecule has 4 aromatic rings. The maximum absolute atomic E-state index is 13.3. The summed E-state index contributed by atoms with van der Waals surface area (Å²) in [5.41, 5.74) is 5.27. The summed E-state index contributed by atoms with van der Waals surface area (Å²) < 4.78 is 1.97. The van der Waals surface area contributed by atoms with Crippen LogP contribution in [0.5, 0.6) is 0 Å². The molecule has 0 saturated carbocycles. The van der Waals surface area contributed by atoms with Crippen LogP contribution in [0.15, 0.2) is 61.1 Å². The monoisotopic (exact) mass is 452 g/mol. The number of fused-ring (bicyclic) bond motifs is 1. The van der Waals surface area contributed by atoms with Crippen LogP contribution in [0.2, 0.25) is 10.0 Å². The summed E-state index contributed by atoms with van der Waals surface area (Å²) in [4.78, 5) is 24.1. The number of imidazole rings is 1. The van der Waals surface area contributed by atoms with Gasteiger partial charge in [-0.15, -0.1) is 0 Å². The number of aryl methyl sites for hydroxylation is 1. The van der Waals surface area contributed by atoms with E-state index in [-0.39, 0.29) is 12.3 Å². The number of hydrogen-bond donors (Lipinski definition) is 0. The number of nitrogens with zero attached hydrogens (tertiary/aromatic N) is 4. The molecule has 3 heterocycles. The second-order valence-corrected chi connectivity index (χ2v) is 8.23. The van der Waals surface area contributed by atoms with Crippen LogP contribution < -0.4 is 0 Å². The fourth-order valence-corrected chi connectivity index (χ4v) is 3.88. The van der Waals surface area contributed by atoms with Gasteiger partial charge in [0.15, 0.2) is 0 Å². The van der Waals surface area contributed by atoms with Crippen molar-refractivity contribution in [2.75, 3.05) is 6.54 Å². The summed E-state index contributed by atoms with van der Waals surface area (Å²) in [6.45, 7) is 5.11. The Morgan fingerprint density at radius 2 is 1.97 bits per heavy atom. The van der Waals surface area contributed by atoms with Gasteiger partial charge in [-0.3, -0.25) is 9.78 Å². The van der Waals surface area contributed by atoms with Crippen LogP contribution in [-0.2, 0) is 17.8 Å². The Bertz CT molecular complexity index is 1240. The van der Waals surface area contributed by atoms with Gasteiger partial charge in [-0.2, -0.15) is 0 Å². The van der Waals surface area contributed by atoms with Crippen molar-refractivity contribution in [1.82, 2.24) is 19.3 Å². The number of likely N-dealkylation sites (N-methyl/N-ethyl adjacent to an activating group) is 1. The van der Waals surface area contributed by atoms with Gasteiger partial charge in [0.1, 0.15) is 5.65 Å². The Morgan fingerprint density at radius 1 is 1.13 bits per heavy atom. The van der Waals surface area contributed by atoms with Crippen molar-refractivity contribution < 1.29 is 4.79 Å². The van der Waals surface area contributed by atoms with Crippen LogP contribution in [0.1, 0.15) is 23.7 Å². The number of benzene rings is 1. The number of hydrogen-bond acceptors (Lipinski definition) is 3. The zero-order valence-electron chi connectivity index (χ0n) is 17.3. The fourth-order valence-electron chi connectivity index (χ4n) is 3.58. The minimum atomic E-state index is 0.0232. The van der Waals surface area contributed by atoms with Gasteiger partial charge < -0.3 is 9.30 Å². The van der Waals surface area contributed by atoms with Crippen molar-refractivity contribution in [2.45, 2.75) is 26.8 Å². The molecule has 158 valence electrons. The third-order valence-corrected chi connectivity index (χ3v) is 5.96. The van der Waals surface area contributed by atoms with Crippen LogP contribution in [-0.4, -0.2) is 31.7 Å². The van der Waals surface area contributed by atoms with Crippen molar-refractivity contribution in [2.24, 2.45) is 0 Å². The number of halogens is 2. The van der Waals surface area contributed by atoms with E-state index < -0.39 is 0 Å². The number of carbonyl (C=O) groups excluding carboxylic acids is 1. The Kier molecular flexibility index (Phi) is 6.25. The molecule has 0 saturated heterocycles. The van der Waals surface area contributed by atoms with Crippen LogP contribution in [0.4, 0.5) is 0 Å². The maximum atomic E-state index is 13.3. The molecular formula is C24H22Cl2N4O. The van der Waals surface area contributed by atoms with Gasteiger partial charge in [0, 0.05) is 37.2 Å². The summed E-state index contributed by atoms with van der Waals surface area (Å²) in [5.74, 6) is 0.0232. The lowest BCUT2D eigenvalue weighted by molar-refractivity contribution is -0.130. The Labute approximate surface area is 191 Å². The Hall–Kier alpha value is -2.89. The molecule has 1 amide bonds. The molecule has 0 radical (unpaired) electrons. The summed E-state index contributed by atoms with van der Waals surface area (Å²) in [5, 5.41) is 0.938. The quantitative estimate of drug-likeness (QED) is 0.382. The first-order valence-electron chi connectivity index (χ1n) is 10.1. The van der Waals surface area contributed by atoms with Crippen LogP contribution in [0, 0.1) is 6.92 Å².